The van der Waals surface area contributed by atoms with Gasteiger partial charge >= 0.3 is 0 Å². The summed E-state index contributed by atoms with van der Waals surface area (Å²) in [5, 5.41) is 0. The molecule has 0 saturated carbocycles. The fourth-order valence-electron chi connectivity index (χ4n) is 0.987. The molecule has 0 aliphatic heterocycles. The van der Waals surface area contributed by atoms with Crippen LogP contribution in [0.3, 0.4) is 0 Å². The minimum absolute atomic E-state index is 0.0778. The average Bonchev–Trinajstić information content (AvgIpc) is 2.30. The zero-order valence-electron chi connectivity index (χ0n) is 8.93. The van der Waals surface area contributed by atoms with E-state index in [0.717, 1.165) is 0 Å². The van der Waals surface area contributed by atoms with Gasteiger partial charge in [-0.2, -0.15) is 0 Å². The fourth-order valence-corrected chi connectivity index (χ4v) is 0.987. The van der Waals surface area contributed by atoms with Gasteiger partial charge in [0.25, 0.3) is 5.91 Å². The van der Waals surface area contributed by atoms with Crippen molar-refractivity contribution in [2.24, 2.45) is 0 Å². The van der Waals surface area contributed by atoms with Gasteiger partial charge in [0.1, 0.15) is 0 Å². The van der Waals surface area contributed by atoms with Crippen LogP contribution in [0.5, 0.6) is 0 Å². The predicted octanol–water partition coefficient (Wildman–Crippen LogP) is 1.41. The van der Waals surface area contributed by atoms with E-state index in [9.17, 15) is 18.0 Å². The molecule has 0 unspecified atom stereocenters. The fraction of sp³-hybridized carbons (Fsp3) is 0.300. The molecule has 0 aliphatic rings. The summed E-state index contributed by atoms with van der Waals surface area (Å²) in [5.74, 6) is -5.38. The third kappa shape index (κ3) is 3.72. The van der Waals surface area contributed by atoms with Crippen molar-refractivity contribution in [2.75, 3.05) is 20.3 Å². The van der Waals surface area contributed by atoms with Crippen LogP contribution < -0.4 is 5.48 Å². The predicted molar refractivity (Wildman–Crippen MR) is 51.6 cm³/mol. The summed E-state index contributed by atoms with van der Waals surface area (Å²) >= 11 is 0. The highest BCUT2D eigenvalue weighted by Crippen LogP contribution is 2.13. The normalized spacial score (nSPS) is 10.4. The first-order chi connectivity index (χ1) is 8.06. The summed E-state index contributed by atoms with van der Waals surface area (Å²) < 4.78 is 42.8. The topological polar surface area (TPSA) is 47.6 Å². The van der Waals surface area contributed by atoms with Gasteiger partial charge < -0.3 is 4.74 Å². The van der Waals surface area contributed by atoms with E-state index in [1.807, 2.05) is 5.48 Å². The van der Waals surface area contributed by atoms with Crippen molar-refractivity contribution in [1.82, 2.24) is 5.48 Å². The molecule has 0 saturated heterocycles. The van der Waals surface area contributed by atoms with Gasteiger partial charge in [-0.05, 0) is 12.1 Å². The number of nitrogens with one attached hydrogen (secondary N) is 1. The van der Waals surface area contributed by atoms with Crippen molar-refractivity contribution in [2.45, 2.75) is 0 Å². The van der Waals surface area contributed by atoms with E-state index in [4.69, 9.17) is 0 Å². The lowest BCUT2D eigenvalue weighted by atomic mass is 10.2. The van der Waals surface area contributed by atoms with E-state index >= 15 is 0 Å². The largest absolute Gasteiger partial charge is 0.382 e. The molecule has 1 N–H and O–H groups in total. The van der Waals surface area contributed by atoms with Crippen LogP contribution >= 0.6 is 0 Å². The second kappa shape index (κ2) is 6.21. The van der Waals surface area contributed by atoms with Gasteiger partial charge in [0.05, 0.1) is 13.2 Å². The Labute approximate surface area is 95.3 Å². The van der Waals surface area contributed by atoms with Crippen LogP contribution in [-0.4, -0.2) is 26.2 Å². The molecule has 1 aromatic carbocycles. The Balaban J connectivity index is 2.63. The summed E-state index contributed by atoms with van der Waals surface area (Å²) in [7, 11) is 1.44. The average molecular weight is 249 g/mol. The van der Waals surface area contributed by atoms with E-state index in [2.05, 4.69) is 9.57 Å². The van der Waals surface area contributed by atoms with Gasteiger partial charge in [0, 0.05) is 12.7 Å². The van der Waals surface area contributed by atoms with E-state index in [1.165, 1.54) is 7.11 Å². The van der Waals surface area contributed by atoms with Gasteiger partial charge in [-0.1, -0.05) is 0 Å². The Kier molecular flexibility index (Phi) is 4.92. The van der Waals surface area contributed by atoms with E-state index in [-0.39, 0.29) is 18.8 Å². The molecule has 1 aromatic rings. The molecule has 0 heterocycles. The molecule has 17 heavy (non-hydrogen) atoms. The third-order valence-corrected chi connectivity index (χ3v) is 1.80. The summed E-state index contributed by atoms with van der Waals surface area (Å²) in [6.45, 7) is 0.320. The van der Waals surface area contributed by atoms with Crippen molar-refractivity contribution < 1.29 is 27.5 Å². The number of carbonyl (C=O) groups is 1. The second-order valence-electron chi connectivity index (χ2n) is 3.03. The lowest BCUT2D eigenvalue weighted by Crippen LogP contribution is -2.25. The number of rotatable bonds is 5. The van der Waals surface area contributed by atoms with Crippen LogP contribution in [0.15, 0.2) is 12.1 Å². The van der Waals surface area contributed by atoms with Gasteiger partial charge in [-0.3, -0.25) is 9.63 Å². The van der Waals surface area contributed by atoms with E-state index in [0.29, 0.717) is 12.1 Å². The van der Waals surface area contributed by atoms with Crippen molar-refractivity contribution in [1.29, 1.82) is 0 Å². The van der Waals surface area contributed by atoms with E-state index in [1.54, 1.807) is 0 Å². The van der Waals surface area contributed by atoms with Crippen LogP contribution in [0, 0.1) is 17.5 Å². The summed E-state index contributed by atoms with van der Waals surface area (Å²) in [6.07, 6.45) is 0. The first kappa shape index (κ1) is 13.5. The highest BCUT2D eigenvalue weighted by Gasteiger charge is 2.14. The van der Waals surface area contributed by atoms with Gasteiger partial charge in [-0.15, -0.1) is 0 Å². The number of hydroxylamine groups is 1. The lowest BCUT2D eigenvalue weighted by Gasteiger charge is -2.06. The number of amides is 1. The maximum Gasteiger partial charge on any atom is 0.275 e. The molecule has 1 rings (SSSR count). The van der Waals surface area contributed by atoms with Gasteiger partial charge in [-0.25, -0.2) is 18.7 Å². The standard InChI is InChI=1S/C10H10F3NO3/c1-16-2-3-17-14-10(15)6-4-7(11)9(13)8(12)5-6/h4-5H,2-3H2,1H3,(H,14,15). The lowest BCUT2D eigenvalue weighted by molar-refractivity contribution is 0.00883. The first-order valence-electron chi connectivity index (χ1n) is 4.62. The molecule has 0 spiro atoms. The Hall–Kier alpha value is -1.60. The Bertz CT molecular complexity index is 389. The number of methoxy groups -OCH3 is 1. The Morgan fingerprint density at radius 3 is 2.35 bits per heavy atom. The van der Waals surface area contributed by atoms with Gasteiger partial charge in [0.15, 0.2) is 17.5 Å². The van der Waals surface area contributed by atoms with Gasteiger partial charge in [0.2, 0.25) is 0 Å². The van der Waals surface area contributed by atoms with Crippen molar-refractivity contribution >= 4 is 5.91 Å². The van der Waals surface area contributed by atoms with Crippen LogP contribution in [-0.2, 0) is 9.57 Å². The molecule has 0 bridgehead atoms. The molecule has 94 valence electrons. The molecular weight excluding hydrogens is 239 g/mol. The molecule has 0 atom stereocenters. The highest BCUT2D eigenvalue weighted by molar-refractivity contribution is 5.93. The van der Waals surface area contributed by atoms with E-state index < -0.39 is 23.4 Å². The maximum absolute atomic E-state index is 12.8. The summed E-state index contributed by atoms with van der Waals surface area (Å²) in [4.78, 5) is 15.9. The number of carbonyl (C=O) groups excluding carboxylic acids is 1. The molecule has 0 fully saturated rings. The molecule has 1 amide bonds. The SMILES string of the molecule is COCCONC(=O)c1cc(F)c(F)c(F)c1. The Morgan fingerprint density at radius 1 is 1.24 bits per heavy atom. The highest BCUT2D eigenvalue weighted by atomic mass is 19.2. The number of hydrogen-bond donors (Lipinski definition) is 1. The number of benzene rings is 1. The molecule has 4 nitrogen and oxygen atoms in total. The van der Waals surface area contributed by atoms with Crippen LogP contribution in [0.1, 0.15) is 10.4 Å². The molecule has 0 radical (unpaired) electrons. The number of hydrogen-bond acceptors (Lipinski definition) is 3. The van der Waals surface area contributed by atoms with Crippen LogP contribution in [0.2, 0.25) is 0 Å². The van der Waals surface area contributed by atoms with Crippen molar-refractivity contribution in [3.63, 3.8) is 0 Å². The second-order valence-corrected chi connectivity index (χ2v) is 3.03. The van der Waals surface area contributed by atoms with Crippen LogP contribution in [0.4, 0.5) is 13.2 Å². The quantitative estimate of drug-likeness (QED) is 0.487. The molecule has 0 aromatic heterocycles. The minimum Gasteiger partial charge on any atom is -0.382 e. The van der Waals surface area contributed by atoms with Crippen molar-refractivity contribution in [3.8, 4) is 0 Å². The number of halogens is 3. The smallest absolute Gasteiger partial charge is 0.275 e. The van der Waals surface area contributed by atoms with Crippen molar-refractivity contribution in [3.05, 3.63) is 35.1 Å². The monoisotopic (exact) mass is 249 g/mol. The zero-order chi connectivity index (χ0) is 12.8. The maximum atomic E-state index is 12.8. The molecule has 7 heteroatoms. The molecule has 0 aliphatic carbocycles. The summed E-state index contributed by atoms with van der Waals surface area (Å²) in [5.41, 5.74) is 1.56. The number of ether oxygens (including phenoxy) is 1. The van der Waals surface area contributed by atoms with Crippen LogP contribution in [0.25, 0.3) is 0 Å². The zero-order valence-corrected chi connectivity index (χ0v) is 8.93. The third-order valence-electron chi connectivity index (χ3n) is 1.80. The molecular formula is C10H10F3NO3. The minimum atomic E-state index is -1.62. The Morgan fingerprint density at radius 2 is 1.82 bits per heavy atom. The first-order valence-corrected chi connectivity index (χ1v) is 4.62. The summed E-state index contributed by atoms with van der Waals surface area (Å²) in [6, 6.07) is 1.15.